The SMILES string of the molecule is C=CCN(CC(=O)N1CCc2sccc2[C@@H]1COc1ccc(C(C)C)cc1)C(=O)CC(C)C. The largest absolute Gasteiger partial charge is 0.491 e. The number of thiophene rings is 1. The lowest BCUT2D eigenvalue weighted by Crippen LogP contribution is -2.48. The number of rotatable bonds is 10. The molecule has 178 valence electrons. The Balaban J connectivity index is 1.74. The predicted molar refractivity (Wildman–Crippen MR) is 135 cm³/mol. The first kappa shape index (κ1) is 25.0. The monoisotopic (exact) mass is 468 g/mol. The summed E-state index contributed by atoms with van der Waals surface area (Å²) in [6.07, 6.45) is 2.94. The van der Waals surface area contributed by atoms with Crippen molar-refractivity contribution in [3.63, 3.8) is 0 Å². The highest BCUT2D eigenvalue weighted by Crippen LogP contribution is 2.34. The standard InChI is InChI=1S/C27H36N2O3S/c1-6-13-28(26(30)16-19(2)3)17-27(31)29-14-11-25-23(12-15-33-25)24(29)18-32-22-9-7-21(8-10-22)20(4)5/h6-10,12,15,19-20,24H,1,11,13-14,16-18H2,2-5H3/t24-/m0/s1. The van der Waals surface area contributed by atoms with Gasteiger partial charge in [-0.2, -0.15) is 0 Å². The van der Waals surface area contributed by atoms with E-state index in [0.717, 1.165) is 17.7 Å². The van der Waals surface area contributed by atoms with E-state index in [1.165, 1.54) is 10.4 Å². The van der Waals surface area contributed by atoms with Crippen LogP contribution in [0.3, 0.4) is 0 Å². The van der Waals surface area contributed by atoms with Crippen molar-refractivity contribution >= 4 is 23.2 Å². The van der Waals surface area contributed by atoms with Crippen molar-refractivity contribution in [1.29, 1.82) is 0 Å². The molecule has 0 spiro atoms. The molecular formula is C27H36N2O3S. The Morgan fingerprint density at radius 2 is 1.94 bits per heavy atom. The number of hydrogen-bond donors (Lipinski definition) is 0. The van der Waals surface area contributed by atoms with Crippen molar-refractivity contribution in [2.24, 2.45) is 5.92 Å². The first-order valence-corrected chi connectivity index (χ1v) is 12.6. The molecule has 6 heteroatoms. The Kier molecular flexibility index (Phi) is 8.73. The quantitative estimate of drug-likeness (QED) is 0.437. The van der Waals surface area contributed by atoms with E-state index in [1.54, 1.807) is 22.3 Å². The van der Waals surface area contributed by atoms with Crippen LogP contribution in [-0.4, -0.2) is 47.9 Å². The number of nitrogens with zero attached hydrogens (tertiary/aromatic N) is 2. The van der Waals surface area contributed by atoms with Crippen molar-refractivity contribution in [3.8, 4) is 5.75 Å². The van der Waals surface area contributed by atoms with Gasteiger partial charge in [-0.25, -0.2) is 0 Å². The predicted octanol–water partition coefficient (Wildman–Crippen LogP) is 5.44. The van der Waals surface area contributed by atoms with Crippen LogP contribution in [-0.2, 0) is 16.0 Å². The van der Waals surface area contributed by atoms with Gasteiger partial charge in [0.2, 0.25) is 11.8 Å². The van der Waals surface area contributed by atoms with Crippen LogP contribution >= 0.6 is 11.3 Å². The number of benzene rings is 1. The summed E-state index contributed by atoms with van der Waals surface area (Å²) in [5.41, 5.74) is 2.42. The second kappa shape index (κ2) is 11.5. The lowest BCUT2D eigenvalue weighted by atomic mass is 10.00. The van der Waals surface area contributed by atoms with Gasteiger partial charge in [-0.05, 0) is 53.0 Å². The summed E-state index contributed by atoms with van der Waals surface area (Å²) in [6.45, 7) is 13.6. The molecule has 3 rings (SSSR count). The van der Waals surface area contributed by atoms with Crippen LogP contribution in [0.4, 0.5) is 0 Å². The molecule has 0 aliphatic carbocycles. The minimum Gasteiger partial charge on any atom is -0.491 e. The number of hydrogen-bond acceptors (Lipinski definition) is 4. The highest BCUT2D eigenvalue weighted by molar-refractivity contribution is 7.10. The Morgan fingerprint density at radius 1 is 1.21 bits per heavy atom. The Bertz CT molecular complexity index is 949. The van der Waals surface area contributed by atoms with Gasteiger partial charge in [0, 0.05) is 24.4 Å². The molecule has 33 heavy (non-hydrogen) atoms. The second-order valence-corrected chi connectivity index (χ2v) is 10.3. The van der Waals surface area contributed by atoms with Gasteiger partial charge in [0.1, 0.15) is 18.9 Å². The van der Waals surface area contributed by atoms with E-state index in [2.05, 4.69) is 44.0 Å². The molecule has 0 unspecified atom stereocenters. The number of carbonyl (C=O) groups excluding carboxylic acids is 2. The summed E-state index contributed by atoms with van der Waals surface area (Å²) in [7, 11) is 0. The summed E-state index contributed by atoms with van der Waals surface area (Å²) >= 11 is 1.73. The van der Waals surface area contributed by atoms with Gasteiger partial charge in [0.25, 0.3) is 0 Å². The molecule has 1 aromatic heterocycles. The van der Waals surface area contributed by atoms with Crippen LogP contribution in [0.1, 0.15) is 62.1 Å². The normalized spacial score (nSPS) is 15.5. The van der Waals surface area contributed by atoms with Gasteiger partial charge < -0.3 is 14.5 Å². The lowest BCUT2D eigenvalue weighted by molar-refractivity contribution is -0.142. The van der Waals surface area contributed by atoms with Crippen molar-refractivity contribution in [3.05, 3.63) is 64.4 Å². The molecule has 0 fully saturated rings. The van der Waals surface area contributed by atoms with Crippen LogP contribution in [0.2, 0.25) is 0 Å². The van der Waals surface area contributed by atoms with E-state index < -0.39 is 0 Å². The van der Waals surface area contributed by atoms with Crippen molar-refractivity contribution < 1.29 is 14.3 Å². The summed E-state index contributed by atoms with van der Waals surface area (Å²) in [5.74, 6) is 1.45. The molecule has 2 heterocycles. The van der Waals surface area contributed by atoms with Gasteiger partial charge in [0.15, 0.2) is 0 Å². The second-order valence-electron chi connectivity index (χ2n) is 9.35. The molecule has 1 aliphatic rings. The zero-order chi connectivity index (χ0) is 24.0. The molecular weight excluding hydrogens is 432 g/mol. The minimum atomic E-state index is -0.164. The number of fused-ring (bicyclic) bond motifs is 1. The molecule has 1 aliphatic heterocycles. The number of carbonyl (C=O) groups is 2. The fourth-order valence-corrected chi connectivity index (χ4v) is 5.07. The maximum Gasteiger partial charge on any atom is 0.242 e. The van der Waals surface area contributed by atoms with E-state index in [4.69, 9.17) is 4.74 Å². The van der Waals surface area contributed by atoms with Crippen LogP contribution in [0.15, 0.2) is 48.4 Å². The lowest BCUT2D eigenvalue weighted by Gasteiger charge is -2.37. The highest BCUT2D eigenvalue weighted by Gasteiger charge is 2.33. The molecule has 1 aromatic carbocycles. The molecule has 0 N–H and O–H groups in total. The van der Waals surface area contributed by atoms with E-state index >= 15 is 0 Å². The first-order chi connectivity index (χ1) is 15.8. The van der Waals surface area contributed by atoms with Crippen LogP contribution in [0.5, 0.6) is 5.75 Å². The molecule has 2 aromatic rings. The molecule has 5 nitrogen and oxygen atoms in total. The van der Waals surface area contributed by atoms with Crippen molar-refractivity contribution in [2.75, 3.05) is 26.2 Å². The molecule has 1 atom stereocenters. The summed E-state index contributed by atoms with van der Waals surface area (Å²) in [6, 6.07) is 10.1. The number of ether oxygens (including phenoxy) is 1. The maximum atomic E-state index is 13.4. The van der Waals surface area contributed by atoms with Crippen molar-refractivity contribution in [1.82, 2.24) is 9.80 Å². The van der Waals surface area contributed by atoms with Gasteiger partial charge >= 0.3 is 0 Å². The Morgan fingerprint density at radius 3 is 2.58 bits per heavy atom. The average molecular weight is 469 g/mol. The van der Waals surface area contributed by atoms with Crippen LogP contribution in [0, 0.1) is 5.92 Å². The van der Waals surface area contributed by atoms with Gasteiger partial charge in [-0.1, -0.05) is 45.9 Å². The zero-order valence-electron chi connectivity index (χ0n) is 20.3. The van der Waals surface area contributed by atoms with Crippen molar-refractivity contribution in [2.45, 2.75) is 52.5 Å². The first-order valence-electron chi connectivity index (χ1n) is 11.8. The highest BCUT2D eigenvalue weighted by atomic mass is 32.1. The summed E-state index contributed by atoms with van der Waals surface area (Å²) in [4.78, 5) is 30.9. The van der Waals surface area contributed by atoms with Crippen LogP contribution < -0.4 is 4.74 Å². The average Bonchev–Trinajstić information content (AvgIpc) is 3.26. The third kappa shape index (κ3) is 6.47. The van der Waals surface area contributed by atoms with E-state index in [-0.39, 0.29) is 30.3 Å². The van der Waals surface area contributed by atoms with Gasteiger partial charge in [0.05, 0.1) is 6.04 Å². The third-order valence-corrected chi connectivity index (χ3v) is 6.98. The third-order valence-electron chi connectivity index (χ3n) is 5.98. The molecule has 0 bridgehead atoms. The fourth-order valence-electron chi connectivity index (χ4n) is 4.14. The molecule has 0 radical (unpaired) electrons. The van der Waals surface area contributed by atoms with E-state index in [9.17, 15) is 9.59 Å². The Hall–Kier alpha value is -2.60. The summed E-state index contributed by atoms with van der Waals surface area (Å²) < 4.78 is 6.15. The minimum absolute atomic E-state index is 0.00970. The number of amides is 2. The van der Waals surface area contributed by atoms with Crippen LogP contribution in [0.25, 0.3) is 0 Å². The zero-order valence-corrected chi connectivity index (χ0v) is 21.1. The maximum absolute atomic E-state index is 13.4. The van der Waals surface area contributed by atoms with Gasteiger partial charge in [-0.15, -0.1) is 17.9 Å². The van der Waals surface area contributed by atoms with Gasteiger partial charge in [-0.3, -0.25) is 9.59 Å². The molecule has 2 amide bonds. The van der Waals surface area contributed by atoms with E-state index in [0.29, 0.717) is 32.0 Å². The Labute approximate surface area is 202 Å². The molecule has 0 saturated heterocycles. The smallest absolute Gasteiger partial charge is 0.242 e. The topological polar surface area (TPSA) is 49.9 Å². The molecule has 0 saturated carbocycles. The van der Waals surface area contributed by atoms with E-state index in [1.807, 2.05) is 30.9 Å². The fraction of sp³-hybridized carbons (Fsp3) is 0.481. The summed E-state index contributed by atoms with van der Waals surface area (Å²) in [5, 5.41) is 2.08.